The molecule has 0 aliphatic rings. The predicted molar refractivity (Wildman–Crippen MR) is 60.2 cm³/mol. The Hall–Kier alpha value is -1.43. The molecule has 1 amide bonds. The zero-order chi connectivity index (χ0) is 12.0. The van der Waals surface area contributed by atoms with Gasteiger partial charge >= 0.3 is 5.97 Å². The number of aliphatic carboxylic acids is 1. The Morgan fingerprint density at radius 2 is 2.25 bits per heavy atom. The monoisotopic (exact) mass is 242 g/mol. The van der Waals surface area contributed by atoms with Gasteiger partial charge in [-0.2, -0.15) is 0 Å². The largest absolute Gasteiger partial charge is 0.481 e. The molecule has 1 heterocycles. The van der Waals surface area contributed by atoms with E-state index in [2.05, 4.69) is 10.3 Å². The summed E-state index contributed by atoms with van der Waals surface area (Å²) in [5, 5.41) is 12.1. The maximum Gasteiger partial charge on any atom is 0.303 e. The third-order valence-corrected chi connectivity index (χ3v) is 2.84. The van der Waals surface area contributed by atoms with Crippen molar-refractivity contribution in [2.24, 2.45) is 0 Å². The number of hydrogen-bond donors (Lipinski definition) is 2. The van der Waals surface area contributed by atoms with Gasteiger partial charge in [0.05, 0.1) is 11.6 Å². The first-order valence-corrected chi connectivity index (χ1v) is 5.79. The highest BCUT2D eigenvalue weighted by molar-refractivity contribution is 7.11. The van der Waals surface area contributed by atoms with Crippen LogP contribution in [0.3, 0.4) is 0 Å². The minimum atomic E-state index is -0.870. The number of amides is 1. The summed E-state index contributed by atoms with van der Waals surface area (Å²) in [6, 6.07) is 0. The number of carboxylic acids is 1. The van der Waals surface area contributed by atoms with Crippen LogP contribution in [0.25, 0.3) is 0 Å². The maximum atomic E-state index is 11.3. The Morgan fingerprint density at radius 3 is 2.81 bits per heavy atom. The van der Waals surface area contributed by atoms with Gasteiger partial charge in [-0.3, -0.25) is 9.59 Å². The van der Waals surface area contributed by atoms with E-state index < -0.39 is 5.97 Å². The van der Waals surface area contributed by atoms with Crippen molar-refractivity contribution in [1.82, 2.24) is 10.3 Å². The molecule has 1 aromatic heterocycles. The van der Waals surface area contributed by atoms with Gasteiger partial charge in [0.1, 0.15) is 0 Å². The van der Waals surface area contributed by atoms with Gasteiger partial charge in [0, 0.05) is 23.9 Å². The molecule has 0 saturated carbocycles. The summed E-state index contributed by atoms with van der Waals surface area (Å²) in [7, 11) is 0. The van der Waals surface area contributed by atoms with Gasteiger partial charge in [0.15, 0.2) is 0 Å². The molecular weight excluding hydrogens is 228 g/mol. The SMILES string of the molecule is Cc1ncc(CNC(=O)CCCC(=O)O)s1. The molecule has 5 nitrogen and oxygen atoms in total. The molecule has 88 valence electrons. The van der Waals surface area contributed by atoms with E-state index in [0.717, 1.165) is 9.88 Å². The van der Waals surface area contributed by atoms with Crippen molar-refractivity contribution in [2.45, 2.75) is 32.7 Å². The average molecular weight is 242 g/mol. The molecule has 16 heavy (non-hydrogen) atoms. The smallest absolute Gasteiger partial charge is 0.303 e. The number of aromatic nitrogens is 1. The minimum absolute atomic E-state index is 0.0348. The molecule has 6 heteroatoms. The number of aryl methyl sites for hydroxylation is 1. The molecule has 2 N–H and O–H groups in total. The Labute approximate surface area is 97.5 Å². The van der Waals surface area contributed by atoms with Crippen molar-refractivity contribution in [3.63, 3.8) is 0 Å². The van der Waals surface area contributed by atoms with Crippen LogP contribution in [0.15, 0.2) is 6.20 Å². The minimum Gasteiger partial charge on any atom is -0.481 e. The van der Waals surface area contributed by atoms with Crippen LogP contribution in [0.5, 0.6) is 0 Å². The Bertz CT molecular complexity index is 376. The van der Waals surface area contributed by atoms with E-state index in [1.807, 2.05) is 6.92 Å². The number of carbonyl (C=O) groups excluding carboxylic acids is 1. The van der Waals surface area contributed by atoms with Crippen molar-refractivity contribution in [1.29, 1.82) is 0 Å². The van der Waals surface area contributed by atoms with Crippen molar-refractivity contribution < 1.29 is 14.7 Å². The van der Waals surface area contributed by atoms with E-state index in [-0.39, 0.29) is 18.7 Å². The summed E-state index contributed by atoms with van der Waals surface area (Å²) < 4.78 is 0. The number of rotatable bonds is 6. The summed E-state index contributed by atoms with van der Waals surface area (Å²) in [6.07, 6.45) is 2.40. The predicted octanol–water partition coefficient (Wildman–Crippen LogP) is 1.32. The van der Waals surface area contributed by atoms with Gasteiger partial charge in [-0.25, -0.2) is 4.98 Å². The van der Waals surface area contributed by atoms with Crippen molar-refractivity contribution in [3.8, 4) is 0 Å². The molecule has 0 unspecified atom stereocenters. The highest BCUT2D eigenvalue weighted by Crippen LogP contribution is 2.10. The Morgan fingerprint density at radius 1 is 1.50 bits per heavy atom. The third-order valence-electron chi connectivity index (χ3n) is 1.92. The molecule has 1 aromatic rings. The number of carboxylic acid groups (broad SMARTS) is 1. The topological polar surface area (TPSA) is 79.3 Å². The molecule has 0 radical (unpaired) electrons. The zero-order valence-corrected chi connectivity index (χ0v) is 9.84. The third kappa shape index (κ3) is 4.88. The molecule has 0 bridgehead atoms. The zero-order valence-electron chi connectivity index (χ0n) is 9.02. The lowest BCUT2D eigenvalue weighted by Gasteiger charge is -2.01. The Balaban J connectivity index is 2.17. The molecule has 0 aliphatic heterocycles. The molecule has 0 aliphatic carbocycles. The van der Waals surface area contributed by atoms with Crippen LogP contribution < -0.4 is 5.32 Å². The van der Waals surface area contributed by atoms with Crippen LogP contribution in [0.4, 0.5) is 0 Å². The van der Waals surface area contributed by atoms with Crippen LogP contribution in [0.2, 0.25) is 0 Å². The van der Waals surface area contributed by atoms with E-state index in [1.165, 1.54) is 11.3 Å². The first-order valence-electron chi connectivity index (χ1n) is 4.97. The second-order valence-corrected chi connectivity index (χ2v) is 4.69. The van der Waals surface area contributed by atoms with Gasteiger partial charge in [-0.15, -0.1) is 11.3 Å². The quantitative estimate of drug-likeness (QED) is 0.788. The molecule has 0 spiro atoms. The number of thiazole rings is 1. The van der Waals surface area contributed by atoms with E-state index in [1.54, 1.807) is 6.20 Å². The summed E-state index contributed by atoms with van der Waals surface area (Å²) >= 11 is 1.54. The summed E-state index contributed by atoms with van der Waals surface area (Å²) in [5.74, 6) is -0.988. The second kappa shape index (κ2) is 6.22. The highest BCUT2D eigenvalue weighted by atomic mass is 32.1. The fourth-order valence-corrected chi connectivity index (χ4v) is 1.90. The lowest BCUT2D eigenvalue weighted by molar-refractivity contribution is -0.137. The lowest BCUT2D eigenvalue weighted by Crippen LogP contribution is -2.22. The molecule has 0 aromatic carbocycles. The average Bonchev–Trinajstić information content (AvgIpc) is 2.61. The molecule has 0 saturated heterocycles. The second-order valence-electron chi connectivity index (χ2n) is 3.37. The van der Waals surface area contributed by atoms with Crippen LogP contribution in [0.1, 0.15) is 29.1 Å². The van der Waals surface area contributed by atoms with Gasteiger partial charge in [-0.05, 0) is 13.3 Å². The van der Waals surface area contributed by atoms with Gasteiger partial charge in [-0.1, -0.05) is 0 Å². The normalized spacial score (nSPS) is 10.1. The van der Waals surface area contributed by atoms with Gasteiger partial charge in [0.2, 0.25) is 5.91 Å². The van der Waals surface area contributed by atoms with E-state index in [4.69, 9.17) is 5.11 Å². The highest BCUT2D eigenvalue weighted by Gasteiger charge is 2.04. The van der Waals surface area contributed by atoms with Crippen LogP contribution in [0, 0.1) is 6.92 Å². The summed E-state index contributed by atoms with van der Waals surface area (Å²) in [4.78, 5) is 26.6. The maximum absolute atomic E-state index is 11.3. The standard InChI is InChI=1S/C10H14N2O3S/c1-7-11-5-8(16-7)6-12-9(13)3-2-4-10(14)15/h5H,2-4,6H2,1H3,(H,12,13)(H,14,15). The summed E-state index contributed by atoms with van der Waals surface area (Å²) in [5.41, 5.74) is 0. The first kappa shape index (κ1) is 12.6. The first-order chi connectivity index (χ1) is 7.58. The van der Waals surface area contributed by atoms with E-state index in [9.17, 15) is 9.59 Å². The molecular formula is C10H14N2O3S. The van der Waals surface area contributed by atoms with Gasteiger partial charge < -0.3 is 10.4 Å². The Kier molecular flexibility index (Phi) is 4.91. The molecule has 0 fully saturated rings. The molecule has 1 rings (SSSR count). The van der Waals surface area contributed by atoms with Crippen molar-refractivity contribution in [3.05, 3.63) is 16.1 Å². The van der Waals surface area contributed by atoms with E-state index >= 15 is 0 Å². The summed E-state index contributed by atoms with van der Waals surface area (Å²) in [6.45, 7) is 2.38. The van der Waals surface area contributed by atoms with Crippen LogP contribution in [-0.4, -0.2) is 22.0 Å². The van der Waals surface area contributed by atoms with Gasteiger partial charge in [0.25, 0.3) is 0 Å². The number of nitrogens with one attached hydrogen (secondary N) is 1. The number of nitrogens with zero attached hydrogens (tertiary/aromatic N) is 1. The fourth-order valence-electron chi connectivity index (χ4n) is 1.16. The fraction of sp³-hybridized carbons (Fsp3) is 0.500. The van der Waals surface area contributed by atoms with Crippen LogP contribution >= 0.6 is 11.3 Å². The van der Waals surface area contributed by atoms with Crippen LogP contribution in [-0.2, 0) is 16.1 Å². The molecule has 0 atom stereocenters. The van der Waals surface area contributed by atoms with Crippen molar-refractivity contribution >= 4 is 23.2 Å². The van der Waals surface area contributed by atoms with E-state index in [0.29, 0.717) is 13.0 Å². The lowest BCUT2D eigenvalue weighted by atomic mass is 10.2. The number of carbonyl (C=O) groups is 2. The number of hydrogen-bond acceptors (Lipinski definition) is 4. The van der Waals surface area contributed by atoms with Crippen molar-refractivity contribution in [2.75, 3.05) is 0 Å².